The summed E-state index contributed by atoms with van der Waals surface area (Å²) >= 11 is 1.29. The van der Waals surface area contributed by atoms with Gasteiger partial charge in [-0.25, -0.2) is 9.79 Å². The number of piperazine rings is 1. The highest BCUT2D eigenvalue weighted by Crippen LogP contribution is 2.35. The van der Waals surface area contributed by atoms with Crippen molar-refractivity contribution in [1.29, 1.82) is 0 Å². The van der Waals surface area contributed by atoms with Gasteiger partial charge in [-0.05, 0) is 25.6 Å². The maximum atomic E-state index is 14.0. The van der Waals surface area contributed by atoms with Crippen molar-refractivity contribution < 1.29 is 13.9 Å². The predicted molar refractivity (Wildman–Crippen MR) is 156 cm³/mol. The topological polar surface area (TPSA) is 80.3 Å². The molecule has 0 amide bonds. The molecule has 204 valence electrons. The molecule has 0 N–H and O–H groups in total. The fraction of sp³-hybridized carbons (Fsp3) is 0.258. The van der Waals surface area contributed by atoms with Gasteiger partial charge in [0.15, 0.2) is 10.7 Å². The van der Waals surface area contributed by atoms with E-state index >= 15 is 0 Å². The largest absolute Gasteiger partial charge is 0.463 e. The van der Waals surface area contributed by atoms with Gasteiger partial charge in [0, 0.05) is 43.9 Å². The normalized spacial score (nSPS) is 18.0. The molecule has 0 aliphatic carbocycles. The van der Waals surface area contributed by atoms with E-state index in [1.807, 2.05) is 72.8 Å². The predicted octanol–water partition coefficient (Wildman–Crippen LogP) is 3.28. The molecule has 2 aliphatic rings. The number of likely N-dealkylation sites (N-methyl/N-ethyl adjacent to an activating group) is 1. The number of furan rings is 1. The van der Waals surface area contributed by atoms with Crippen LogP contribution in [0, 0.1) is 0 Å². The summed E-state index contributed by atoms with van der Waals surface area (Å²) in [5.74, 6) is 0.907. The quantitative estimate of drug-likeness (QED) is 0.341. The Bertz CT molecular complexity index is 1730. The minimum atomic E-state index is -0.689. The van der Waals surface area contributed by atoms with E-state index < -0.39 is 12.0 Å². The highest BCUT2D eigenvalue weighted by molar-refractivity contribution is 7.07. The Morgan fingerprint density at radius 3 is 2.42 bits per heavy atom. The average Bonchev–Trinajstić information content (AvgIpc) is 3.58. The fourth-order valence-electron chi connectivity index (χ4n) is 5.14. The SMILES string of the molecule is CCOC(=O)C1=C(c2ccccc2)N=c2s/c(=C/c3ccc(N4CCN(C)CC4)o3)c(=O)n2C1c1ccccc1. The molecule has 2 aromatic heterocycles. The summed E-state index contributed by atoms with van der Waals surface area (Å²) in [6.07, 6.45) is 1.77. The molecule has 4 heterocycles. The summed E-state index contributed by atoms with van der Waals surface area (Å²) in [7, 11) is 2.11. The first-order chi connectivity index (χ1) is 19.5. The second kappa shape index (κ2) is 11.1. The zero-order chi connectivity index (χ0) is 27.6. The van der Waals surface area contributed by atoms with Crippen molar-refractivity contribution in [3.63, 3.8) is 0 Å². The van der Waals surface area contributed by atoms with Crippen LogP contribution in [0.1, 0.15) is 29.9 Å². The van der Waals surface area contributed by atoms with Crippen molar-refractivity contribution in [3.05, 3.63) is 115 Å². The van der Waals surface area contributed by atoms with E-state index in [0.29, 0.717) is 26.4 Å². The van der Waals surface area contributed by atoms with Crippen LogP contribution in [0.15, 0.2) is 92.6 Å². The lowest BCUT2D eigenvalue weighted by Crippen LogP contribution is -2.44. The van der Waals surface area contributed by atoms with Crippen LogP contribution in [-0.2, 0) is 9.53 Å². The Morgan fingerprint density at radius 1 is 1.02 bits per heavy atom. The molecule has 1 fully saturated rings. The molecular weight excluding hydrogens is 524 g/mol. The Labute approximate surface area is 235 Å². The molecule has 0 saturated carbocycles. The van der Waals surface area contributed by atoms with Crippen molar-refractivity contribution >= 4 is 35.0 Å². The molecule has 0 radical (unpaired) electrons. The third-order valence-electron chi connectivity index (χ3n) is 7.19. The number of benzene rings is 2. The number of ether oxygens (including phenoxy) is 1. The number of esters is 1. The van der Waals surface area contributed by atoms with Gasteiger partial charge in [0.2, 0.25) is 0 Å². The lowest BCUT2D eigenvalue weighted by molar-refractivity contribution is -0.138. The highest BCUT2D eigenvalue weighted by Gasteiger charge is 2.35. The van der Waals surface area contributed by atoms with Crippen LogP contribution in [0.2, 0.25) is 0 Å². The summed E-state index contributed by atoms with van der Waals surface area (Å²) in [6.45, 7) is 5.71. The van der Waals surface area contributed by atoms with Crippen molar-refractivity contribution in [2.24, 2.45) is 4.99 Å². The Morgan fingerprint density at radius 2 is 1.73 bits per heavy atom. The first kappa shape index (κ1) is 26.0. The summed E-state index contributed by atoms with van der Waals surface area (Å²) < 4.78 is 13.7. The van der Waals surface area contributed by atoms with Gasteiger partial charge in [-0.1, -0.05) is 72.0 Å². The zero-order valence-corrected chi connectivity index (χ0v) is 23.3. The summed E-state index contributed by atoms with van der Waals surface area (Å²) in [4.78, 5) is 37.3. The van der Waals surface area contributed by atoms with Gasteiger partial charge in [-0.15, -0.1) is 0 Å². The molecule has 2 aromatic carbocycles. The van der Waals surface area contributed by atoms with Crippen LogP contribution in [0.4, 0.5) is 5.88 Å². The van der Waals surface area contributed by atoms with Crippen molar-refractivity contribution in [3.8, 4) is 0 Å². The van der Waals surface area contributed by atoms with E-state index in [9.17, 15) is 9.59 Å². The maximum absolute atomic E-state index is 14.0. The van der Waals surface area contributed by atoms with Crippen LogP contribution < -0.4 is 19.8 Å². The summed E-state index contributed by atoms with van der Waals surface area (Å²) in [5, 5.41) is 0. The van der Waals surface area contributed by atoms with Gasteiger partial charge < -0.3 is 19.0 Å². The van der Waals surface area contributed by atoms with Crippen LogP contribution in [0.3, 0.4) is 0 Å². The van der Waals surface area contributed by atoms with E-state index in [1.165, 1.54) is 11.3 Å². The summed E-state index contributed by atoms with van der Waals surface area (Å²) in [6, 6.07) is 22.3. The van der Waals surface area contributed by atoms with Crippen molar-refractivity contribution in [2.75, 3.05) is 44.7 Å². The first-order valence-corrected chi connectivity index (χ1v) is 14.2. The molecule has 8 nitrogen and oxygen atoms in total. The Balaban J connectivity index is 1.50. The van der Waals surface area contributed by atoms with E-state index in [-0.39, 0.29) is 12.2 Å². The standard InChI is InChI=1S/C31H30N4O4S/c1-3-38-30(37)26-27(21-10-6-4-7-11-21)32-31-35(28(26)22-12-8-5-9-13-22)29(36)24(40-31)20-23-14-15-25(39-23)34-18-16-33(2)17-19-34/h4-15,20,28H,3,16-19H2,1-2H3/b24-20+. The molecule has 2 aliphatic heterocycles. The van der Waals surface area contributed by atoms with Gasteiger partial charge >= 0.3 is 5.97 Å². The number of thiazole rings is 1. The van der Waals surface area contributed by atoms with Crippen LogP contribution in [-0.4, -0.2) is 55.3 Å². The highest BCUT2D eigenvalue weighted by atomic mass is 32.1. The molecule has 1 unspecified atom stereocenters. The lowest BCUT2D eigenvalue weighted by atomic mass is 9.93. The average molecular weight is 555 g/mol. The Hall–Kier alpha value is -4.21. The molecule has 4 aromatic rings. The number of fused-ring (bicyclic) bond motifs is 1. The van der Waals surface area contributed by atoms with Crippen molar-refractivity contribution in [1.82, 2.24) is 9.47 Å². The molecule has 6 rings (SSSR count). The molecule has 1 atom stereocenters. The number of aromatic nitrogens is 1. The second-order valence-corrected chi connectivity index (χ2v) is 10.8. The molecular formula is C31H30N4O4S. The van der Waals surface area contributed by atoms with Gasteiger partial charge in [-0.3, -0.25) is 9.36 Å². The number of hydrogen-bond acceptors (Lipinski definition) is 8. The van der Waals surface area contributed by atoms with Gasteiger partial charge in [0.05, 0.1) is 28.5 Å². The molecule has 0 bridgehead atoms. The smallest absolute Gasteiger partial charge is 0.338 e. The monoisotopic (exact) mass is 554 g/mol. The van der Waals surface area contributed by atoms with Crippen molar-refractivity contribution in [2.45, 2.75) is 13.0 Å². The lowest BCUT2D eigenvalue weighted by Gasteiger charge is -2.32. The second-order valence-electron chi connectivity index (χ2n) is 9.81. The molecule has 40 heavy (non-hydrogen) atoms. The van der Waals surface area contributed by atoms with Gasteiger partial charge in [0.25, 0.3) is 5.56 Å². The van der Waals surface area contributed by atoms with E-state index in [4.69, 9.17) is 14.1 Å². The third-order valence-corrected chi connectivity index (χ3v) is 8.17. The number of hydrogen-bond donors (Lipinski definition) is 0. The number of nitrogens with zero attached hydrogens (tertiary/aromatic N) is 4. The van der Waals surface area contributed by atoms with E-state index in [0.717, 1.165) is 43.2 Å². The maximum Gasteiger partial charge on any atom is 0.338 e. The minimum absolute atomic E-state index is 0.213. The number of anilines is 1. The number of carbonyl (C=O) groups is 1. The van der Waals surface area contributed by atoms with E-state index in [1.54, 1.807) is 17.6 Å². The molecule has 0 spiro atoms. The minimum Gasteiger partial charge on any atom is -0.463 e. The van der Waals surface area contributed by atoms with Crippen LogP contribution >= 0.6 is 11.3 Å². The number of rotatable bonds is 6. The summed E-state index contributed by atoms with van der Waals surface area (Å²) in [5.41, 5.74) is 2.21. The van der Waals surface area contributed by atoms with E-state index in [2.05, 4.69) is 16.8 Å². The van der Waals surface area contributed by atoms with Gasteiger partial charge in [0.1, 0.15) is 5.76 Å². The molecule has 1 saturated heterocycles. The third kappa shape index (κ3) is 4.94. The first-order valence-electron chi connectivity index (χ1n) is 13.4. The molecule has 9 heteroatoms. The number of carbonyl (C=O) groups excluding carboxylic acids is 1. The zero-order valence-electron chi connectivity index (χ0n) is 22.4. The fourth-order valence-corrected chi connectivity index (χ4v) is 6.12. The van der Waals surface area contributed by atoms with Gasteiger partial charge in [-0.2, -0.15) is 0 Å². The van der Waals surface area contributed by atoms with Crippen LogP contribution in [0.5, 0.6) is 0 Å². The van der Waals surface area contributed by atoms with Crippen LogP contribution in [0.25, 0.3) is 11.8 Å². The Kier molecular flexibility index (Phi) is 7.23.